The van der Waals surface area contributed by atoms with Crippen molar-refractivity contribution in [2.75, 3.05) is 18.3 Å². The van der Waals surface area contributed by atoms with E-state index >= 15 is 0 Å². The Balaban J connectivity index is 1.45. The highest BCUT2D eigenvalue weighted by atomic mass is 19.4. The molecule has 6 rings (SSSR count). The standard InChI is InChI=1S/C24H15F4NO4/c25-17-6-5-13(7-15(17)24(26,27)28)10-29-18-4-2-1-3-14(18)23(22(29)30)11-31-19-9-21-20(8-16(19)23)32-12-33-21/h1-9H,10-12H2. The third-order valence-electron chi connectivity index (χ3n) is 6.32. The highest BCUT2D eigenvalue weighted by molar-refractivity contribution is 6.11. The van der Waals surface area contributed by atoms with Crippen molar-refractivity contribution in [1.82, 2.24) is 0 Å². The predicted molar refractivity (Wildman–Crippen MR) is 108 cm³/mol. The van der Waals surface area contributed by atoms with E-state index in [-0.39, 0.29) is 31.4 Å². The first kappa shape index (κ1) is 19.9. The Morgan fingerprint density at radius 3 is 2.45 bits per heavy atom. The lowest BCUT2D eigenvalue weighted by atomic mass is 9.77. The number of halogens is 4. The number of alkyl halides is 3. The Labute approximate surface area is 185 Å². The lowest BCUT2D eigenvalue weighted by molar-refractivity contribution is -0.140. The van der Waals surface area contributed by atoms with Crippen LogP contribution in [0.1, 0.15) is 22.3 Å². The van der Waals surface area contributed by atoms with Gasteiger partial charge in [0.15, 0.2) is 11.5 Å². The average molecular weight is 457 g/mol. The third kappa shape index (κ3) is 2.74. The van der Waals surface area contributed by atoms with Gasteiger partial charge in [-0.05, 0) is 35.4 Å². The zero-order valence-electron chi connectivity index (χ0n) is 16.9. The second-order valence-electron chi connectivity index (χ2n) is 8.12. The summed E-state index contributed by atoms with van der Waals surface area (Å²) in [6.07, 6.45) is -4.84. The minimum Gasteiger partial charge on any atom is -0.491 e. The first-order valence-electron chi connectivity index (χ1n) is 10.1. The van der Waals surface area contributed by atoms with Gasteiger partial charge < -0.3 is 19.1 Å². The molecule has 3 aromatic rings. The van der Waals surface area contributed by atoms with Gasteiger partial charge in [-0.2, -0.15) is 13.2 Å². The number of rotatable bonds is 2. The Morgan fingerprint density at radius 1 is 0.909 bits per heavy atom. The number of para-hydroxylation sites is 1. The Kier molecular flexibility index (Phi) is 4.00. The summed E-state index contributed by atoms with van der Waals surface area (Å²) in [4.78, 5) is 15.3. The topological polar surface area (TPSA) is 48.0 Å². The largest absolute Gasteiger partial charge is 0.491 e. The van der Waals surface area contributed by atoms with E-state index in [0.717, 1.165) is 12.1 Å². The van der Waals surface area contributed by atoms with Crippen molar-refractivity contribution in [3.63, 3.8) is 0 Å². The molecule has 3 aromatic carbocycles. The van der Waals surface area contributed by atoms with Crippen molar-refractivity contribution in [1.29, 1.82) is 0 Å². The second-order valence-corrected chi connectivity index (χ2v) is 8.12. The van der Waals surface area contributed by atoms with Gasteiger partial charge in [0.25, 0.3) is 0 Å². The molecule has 3 heterocycles. The number of nitrogens with zero attached hydrogens (tertiary/aromatic N) is 1. The van der Waals surface area contributed by atoms with Gasteiger partial charge in [-0.3, -0.25) is 4.79 Å². The van der Waals surface area contributed by atoms with E-state index in [2.05, 4.69) is 0 Å². The maximum atomic E-state index is 13.9. The summed E-state index contributed by atoms with van der Waals surface area (Å²) in [5.74, 6) is -0.183. The monoisotopic (exact) mass is 457 g/mol. The molecule has 3 aliphatic rings. The van der Waals surface area contributed by atoms with Crippen LogP contribution in [-0.4, -0.2) is 19.3 Å². The lowest BCUT2D eigenvalue weighted by Crippen LogP contribution is -2.42. The number of hydrogen-bond donors (Lipinski definition) is 0. The molecule has 0 radical (unpaired) electrons. The maximum Gasteiger partial charge on any atom is 0.419 e. The van der Waals surface area contributed by atoms with Crippen molar-refractivity contribution >= 4 is 11.6 Å². The van der Waals surface area contributed by atoms with Gasteiger partial charge in [-0.25, -0.2) is 4.39 Å². The van der Waals surface area contributed by atoms with E-state index in [0.29, 0.717) is 34.1 Å². The highest BCUT2D eigenvalue weighted by Gasteiger charge is 2.57. The van der Waals surface area contributed by atoms with E-state index < -0.39 is 23.0 Å². The van der Waals surface area contributed by atoms with Crippen LogP contribution in [0.3, 0.4) is 0 Å². The number of carbonyl (C=O) groups is 1. The van der Waals surface area contributed by atoms with Crippen molar-refractivity contribution in [3.8, 4) is 17.2 Å². The summed E-state index contributed by atoms with van der Waals surface area (Å²) < 4.78 is 70.2. The van der Waals surface area contributed by atoms with Crippen LogP contribution >= 0.6 is 0 Å². The van der Waals surface area contributed by atoms with E-state index in [9.17, 15) is 22.4 Å². The zero-order chi connectivity index (χ0) is 23.0. The minimum absolute atomic E-state index is 0.0365. The fourth-order valence-electron chi connectivity index (χ4n) is 4.79. The molecule has 1 unspecified atom stereocenters. The molecule has 0 N–H and O–H groups in total. The molecule has 5 nitrogen and oxygen atoms in total. The van der Waals surface area contributed by atoms with Gasteiger partial charge in [-0.15, -0.1) is 0 Å². The molecular weight excluding hydrogens is 442 g/mol. The van der Waals surface area contributed by atoms with Gasteiger partial charge in [0.05, 0.1) is 12.1 Å². The van der Waals surface area contributed by atoms with Crippen molar-refractivity contribution in [3.05, 3.63) is 82.7 Å². The number of benzene rings is 3. The molecule has 0 fully saturated rings. The number of ether oxygens (including phenoxy) is 3. The lowest BCUT2D eigenvalue weighted by Gasteiger charge is -2.23. The zero-order valence-corrected chi connectivity index (χ0v) is 16.9. The Hall–Kier alpha value is -3.75. The van der Waals surface area contributed by atoms with Crippen molar-refractivity contribution in [2.45, 2.75) is 18.1 Å². The molecule has 1 amide bonds. The van der Waals surface area contributed by atoms with Crippen LogP contribution in [0.25, 0.3) is 0 Å². The molecule has 0 saturated carbocycles. The number of fused-ring (bicyclic) bond motifs is 5. The van der Waals surface area contributed by atoms with Crippen LogP contribution in [0.15, 0.2) is 54.6 Å². The van der Waals surface area contributed by atoms with Crippen LogP contribution in [-0.2, 0) is 22.9 Å². The molecule has 3 aliphatic heterocycles. The van der Waals surface area contributed by atoms with E-state index in [4.69, 9.17) is 14.2 Å². The van der Waals surface area contributed by atoms with Gasteiger partial charge >= 0.3 is 6.18 Å². The van der Waals surface area contributed by atoms with E-state index in [1.54, 1.807) is 30.3 Å². The van der Waals surface area contributed by atoms with Gasteiger partial charge in [-0.1, -0.05) is 24.3 Å². The van der Waals surface area contributed by atoms with Gasteiger partial charge in [0.2, 0.25) is 12.7 Å². The summed E-state index contributed by atoms with van der Waals surface area (Å²) >= 11 is 0. The number of anilines is 1. The van der Waals surface area contributed by atoms with E-state index in [1.807, 2.05) is 6.07 Å². The van der Waals surface area contributed by atoms with Crippen LogP contribution in [0.5, 0.6) is 17.2 Å². The van der Waals surface area contributed by atoms with Crippen LogP contribution in [0.4, 0.5) is 23.2 Å². The Bertz CT molecular complexity index is 1320. The predicted octanol–water partition coefficient (Wildman–Crippen LogP) is 4.80. The minimum atomic E-state index is -4.84. The molecular formula is C24H15F4NO4. The molecule has 33 heavy (non-hydrogen) atoms. The summed E-state index contributed by atoms with van der Waals surface area (Å²) in [5, 5.41) is 0. The van der Waals surface area contributed by atoms with Crippen molar-refractivity contribution in [2.24, 2.45) is 0 Å². The molecule has 0 bridgehead atoms. The SMILES string of the molecule is O=C1N(Cc2ccc(F)c(C(F)(F)F)c2)c2ccccc2C12COc1cc3c(cc12)OCO3. The molecule has 1 atom stereocenters. The van der Waals surface area contributed by atoms with Crippen LogP contribution in [0.2, 0.25) is 0 Å². The van der Waals surface area contributed by atoms with Crippen LogP contribution in [0, 0.1) is 5.82 Å². The molecule has 9 heteroatoms. The van der Waals surface area contributed by atoms with Crippen LogP contribution < -0.4 is 19.1 Å². The smallest absolute Gasteiger partial charge is 0.419 e. The summed E-state index contributed by atoms with van der Waals surface area (Å²) in [6.45, 7) is -0.0520. The van der Waals surface area contributed by atoms with Gasteiger partial charge in [0, 0.05) is 17.3 Å². The summed E-state index contributed by atoms with van der Waals surface area (Å²) in [5.41, 5.74) is -0.507. The molecule has 0 saturated heterocycles. The van der Waals surface area contributed by atoms with E-state index in [1.165, 1.54) is 11.0 Å². The van der Waals surface area contributed by atoms with Crippen molar-refractivity contribution < 1.29 is 36.6 Å². The first-order valence-corrected chi connectivity index (χ1v) is 10.1. The number of carbonyl (C=O) groups excluding carboxylic acids is 1. The fourth-order valence-corrected chi connectivity index (χ4v) is 4.79. The normalized spacial score (nSPS) is 20.2. The molecule has 168 valence electrons. The molecule has 0 aliphatic carbocycles. The number of amides is 1. The Morgan fingerprint density at radius 2 is 1.67 bits per heavy atom. The third-order valence-corrected chi connectivity index (χ3v) is 6.32. The second kappa shape index (κ2) is 6.63. The molecule has 0 aromatic heterocycles. The summed E-state index contributed by atoms with van der Waals surface area (Å²) in [7, 11) is 0. The molecule has 1 spiro atoms. The maximum absolute atomic E-state index is 13.9. The fraction of sp³-hybridized carbons (Fsp3) is 0.208. The average Bonchev–Trinajstić information content (AvgIpc) is 3.45. The quantitative estimate of drug-likeness (QED) is 0.519. The highest BCUT2D eigenvalue weighted by Crippen LogP contribution is 2.55. The van der Waals surface area contributed by atoms with Gasteiger partial charge in [0.1, 0.15) is 23.6 Å². The number of hydrogen-bond acceptors (Lipinski definition) is 4. The first-order chi connectivity index (χ1) is 15.8. The summed E-state index contributed by atoms with van der Waals surface area (Å²) in [6, 6.07) is 13.3.